The predicted octanol–water partition coefficient (Wildman–Crippen LogP) is 3.48. The van der Waals surface area contributed by atoms with Crippen molar-refractivity contribution < 1.29 is 0 Å². The maximum absolute atomic E-state index is 5.96. The number of nitrogen functional groups attached to an aromatic ring is 1. The highest BCUT2D eigenvalue weighted by Gasteiger charge is 2.12. The van der Waals surface area contributed by atoms with Crippen molar-refractivity contribution in [2.24, 2.45) is 0 Å². The van der Waals surface area contributed by atoms with Gasteiger partial charge in [0, 0.05) is 11.5 Å². The van der Waals surface area contributed by atoms with E-state index in [1.165, 1.54) is 0 Å². The SMILES string of the molecule is CC(C)c1nc(-c2cc(Cl)c(N)c(Cl)c2)n[nH]1. The van der Waals surface area contributed by atoms with Crippen molar-refractivity contribution in [2.75, 3.05) is 5.73 Å². The fourth-order valence-corrected chi connectivity index (χ4v) is 1.86. The number of aromatic amines is 1. The van der Waals surface area contributed by atoms with Gasteiger partial charge in [0.05, 0.1) is 15.7 Å². The van der Waals surface area contributed by atoms with Gasteiger partial charge in [-0.05, 0) is 12.1 Å². The second-order valence-corrected chi connectivity index (χ2v) is 4.87. The Morgan fingerprint density at radius 3 is 2.29 bits per heavy atom. The van der Waals surface area contributed by atoms with E-state index in [0.29, 0.717) is 21.6 Å². The van der Waals surface area contributed by atoms with E-state index in [9.17, 15) is 0 Å². The van der Waals surface area contributed by atoms with Crippen LogP contribution in [0.5, 0.6) is 0 Å². The Hall–Kier alpha value is -1.26. The molecule has 0 saturated heterocycles. The first-order valence-electron chi connectivity index (χ1n) is 5.16. The molecule has 4 nitrogen and oxygen atoms in total. The highest BCUT2D eigenvalue weighted by atomic mass is 35.5. The number of aromatic nitrogens is 3. The highest BCUT2D eigenvalue weighted by Crippen LogP contribution is 2.32. The van der Waals surface area contributed by atoms with Gasteiger partial charge in [-0.3, -0.25) is 5.10 Å². The maximum atomic E-state index is 5.96. The molecular weight excluding hydrogens is 259 g/mol. The van der Waals surface area contributed by atoms with Gasteiger partial charge in [-0.25, -0.2) is 4.98 Å². The molecule has 0 unspecified atom stereocenters. The number of rotatable bonds is 2. The van der Waals surface area contributed by atoms with Crippen LogP contribution in [0.3, 0.4) is 0 Å². The highest BCUT2D eigenvalue weighted by molar-refractivity contribution is 6.39. The number of nitrogens with zero attached hydrogens (tertiary/aromatic N) is 2. The van der Waals surface area contributed by atoms with E-state index in [-0.39, 0.29) is 5.92 Å². The monoisotopic (exact) mass is 270 g/mol. The first-order chi connectivity index (χ1) is 7.99. The molecule has 1 aromatic heterocycles. The van der Waals surface area contributed by atoms with Crippen molar-refractivity contribution in [3.05, 3.63) is 28.0 Å². The molecule has 1 aromatic carbocycles. The summed E-state index contributed by atoms with van der Waals surface area (Å²) in [5, 5.41) is 7.82. The lowest BCUT2D eigenvalue weighted by molar-refractivity contribution is 0.781. The fraction of sp³-hybridized carbons (Fsp3) is 0.273. The molecule has 90 valence electrons. The second kappa shape index (κ2) is 4.55. The molecule has 0 fully saturated rings. The van der Waals surface area contributed by atoms with Crippen LogP contribution in [0.25, 0.3) is 11.4 Å². The molecule has 0 spiro atoms. The first kappa shape index (κ1) is 12.2. The molecule has 17 heavy (non-hydrogen) atoms. The Labute approximate surface area is 109 Å². The molecule has 0 aliphatic carbocycles. The number of hydrogen-bond acceptors (Lipinski definition) is 3. The minimum Gasteiger partial charge on any atom is -0.396 e. The molecule has 0 aliphatic heterocycles. The van der Waals surface area contributed by atoms with Crippen molar-refractivity contribution >= 4 is 28.9 Å². The van der Waals surface area contributed by atoms with Crippen LogP contribution in [0, 0.1) is 0 Å². The molecule has 3 N–H and O–H groups in total. The number of H-pyrrole nitrogens is 1. The third-order valence-electron chi connectivity index (χ3n) is 2.39. The minimum atomic E-state index is 0.288. The summed E-state index contributed by atoms with van der Waals surface area (Å²) < 4.78 is 0. The first-order valence-corrected chi connectivity index (χ1v) is 5.92. The largest absolute Gasteiger partial charge is 0.396 e. The van der Waals surface area contributed by atoms with Crippen LogP contribution in [0.4, 0.5) is 5.69 Å². The predicted molar refractivity (Wildman–Crippen MR) is 70.3 cm³/mol. The summed E-state index contributed by atoms with van der Waals surface area (Å²) in [6.07, 6.45) is 0. The lowest BCUT2D eigenvalue weighted by atomic mass is 10.2. The average molecular weight is 271 g/mol. The van der Waals surface area contributed by atoms with Gasteiger partial charge in [-0.15, -0.1) is 0 Å². The van der Waals surface area contributed by atoms with Crippen molar-refractivity contribution in [1.82, 2.24) is 15.2 Å². The number of hydrogen-bond donors (Lipinski definition) is 2. The lowest BCUT2D eigenvalue weighted by Gasteiger charge is -2.03. The number of nitrogens with one attached hydrogen (secondary N) is 1. The Kier molecular flexibility index (Phi) is 3.26. The lowest BCUT2D eigenvalue weighted by Crippen LogP contribution is -1.91. The van der Waals surface area contributed by atoms with Gasteiger partial charge >= 0.3 is 0 Å². The summed E-state index contributed by atoms with van der Waals surface area (Å²) in [5.41, 5.74) is 6.79. The van der Waals surface area contributed by atoms with Crippen molar-refractivity contribution in [3.8, 4) is 11.4 Å². The van der Waals surface area contributed by atoms with E-state index >= 15 is 0 Å². The quantitative estimate of drug-likeness (QED) is 0.821. The van der Waals surface area contributed by atoms with Gasteiger partial charge in [0.2, 0.25) is 0 Å². The third kappa shape index (κ3) is 2.37. The van der Waals surface area contributed by atoms with Gasteiger partial charge in [0.1, 0.15) is 5.82 Å². The van der Waals surface area contributed by atoms with Gasteiger partial charge in [0.15, 0.2) is 5.82 Å². The van der Waals surface area contributed by atoms with E-state index in [2.05, 4.69) is 15.2 Å². The topological polar surface area (TPSA) is 67.6 Å². The summed E-state index contributed by atoms with van der Waals surface area (Å²) in [4.78, 5) is 4.37. The minimum absolute atomic E-state index is 0.288. The molecule has 1 heterocycles. The van der Waals surface area contributed by atoms with Crippen LogP contribution in [-0.4, -0.2) is 15.2 Å². The number of halogens is 2. The number of anilines is 1. The van der Waals surface area contributed by atoms with Gasteiger partial charge in [0.25, 0.3) is 0 Å². The van der Waals surface area contributed by atoms with E-state index < -0.39 is 0 Å². The summed E-state index contributed by atoms with van der Waals surface area (Å²) in [6.45, 7) is 4.07. The second-order valence-electron chi connectivity index (χ2n) is 4.05. The molecule has 0 saturated carbocycles. The van der Waals surface area contributed by atoms with Crippen molar-refractivity contribution in [1.29, 1.82) is 0 Å². The van der Waals surface area contributed by atoms with Crippen molar-refractivity contribution in [3.63, 3.8) is 0 Å². The van der Waals surface area contributed by atoms with E-state index in [0.717, 1.165) is 11.4 Å². The smallest absolute Gasteiger partial charge is 0.181 e. The summed E-state index contributed by atoms with van der Waals surface area (Å²) >= 11 is 11.9. The normalized spacial score (nSPS) is 11.1. The molecule has 0 atom stereocenters. The average Bonchev–Trinajstić information content (AvgIpc) is 2.74. The summed E-state index contributed by atoms with van der Waals surface area (Å²) in [7, 11) is 0. The van der Waals surface area contributed by atoms with Crippen LogP contribution in [0.1, 0.15) is 25.6 Å². The summed E-state index contributed by atoms with van der Waals surface area (Å²) in [5.74, 6) is 1.68. The zero-order valence-corrected chi connectivity index (χ0v) is 11.0. The van der Waals surface area contributed by atoms with E-state index in [4.69, 9.17) is 28.9 Å². The zero-order valence-electron chi connectivity index (χ0n) is 9.46. The van der Waals surface area contributed by atoms with Crippen molar-refractivity contribution in [2.45, 2.75) is 19.8 Å². The zero-order chi connectivity index (χ0) is 12.6. The Balaban J connectivity index is 2.46. The van der Waals surface area contributed by atoms with E-state index in [1.54, 1.807) is 12.1 Å². The van der Waals surface area contributed by atoms with Gasteiger partial charge < -0.3 is 5.73 Å². The maximum Gasteiger partial charge on any atom is 0.181 e. The molecule has 0 bridgehead atoms. The Morgan fingerprint density at radius 1 is 1.24 bits per heavy atom. The molecule has 2 rings (SSSR count). The molecule has 6 heteroatoms. The van der Waals surface area contributed by atoms with Crippen LogP contribution in [-0.2, 0) is 0 Å². The molecule has 2 aromatic rings. The number of benzene rings is 1. The molecule has 0 amide bonds. The Bertz CT molecular complexity index is 525. The molecule has 0 radical (unpaired) electrons. The molecule has 0 aliphatic rings. The summed E-state index contributed by atoms with van der Waals surface area (Å²) in [6, 6.07) is 3.41. The third-order valence-corrected chi connectivity index (χ3v) is 3.01. The number of nitrogens with two attached hydrogens (primary N) is 1. The fourth-order valence-electron chi connectivity index (χ4n) is 1.38. The molecular formula is C11H12Cl2N4. The van der Waals surface area contributed by atoms with Crippen LogP contribution in [0.15, 0.2) is 12.1 Å². The Morgan fingerprint density at radius 2 is 1.82 bits per heavy atom. The van der Waals surface area contributed by atoms with Crippen LogP contribution < -0.4 is 5.73 Å². The van der Waals surface area contributed by atoms with E-state index in [1.807, 2.05) is 13.8 Å². The van der Waals surface area contributed by atoms with Crippen LogP contribution >= 0.6 is 23.2 Å². The van der Waals surface area contributed by atoms with Gasteiger partial charge in [-0.1, -0.05) is 37.0 Å². The van der Waals surface area contributed by atoms with Crippen LogP contribution in [0.2, 0.25) is 10.0 Å². The standard InChI is InChI=1S/C11H12Cl2N4/c1-5(2)10-15-11(17-16-10)6-3-7(12)9(14)8(13)4-6/h3-5H,14H2,1-2H3,(H,15,16,17). The van der Waals surface area contributed by atoms with Gasteiger partial charge in [-0.2, -0.15) is 5.10 Å².